The number of hydrogen-bond acceptors (Lipinski definition) is 2. The molecule has 0 spiro atoms. The lowest BCUT2D eigenvalue weighted by atomic mass is 10.1. The second-order valence-corrected chi connectivity index (χ2v) is 5.13. The van der Waals surface area contributed by atoms with Gasteiger partial charge in [0.1, 0.15) is 0 Å². The van der Waals surface area contributed by atoms with Gasteiger partial charge in [-0.3, -0.25) is 4.79 Å². The molecule has 2 N–H and O–H groups in total. The molecule has 2 aromatic carbocycles. The first-order valence-corrected chi connectivity index (χ1v) is 6.66. The molecule has 1 aliphatic heterocycles. The second-order valence-electron chi connectivity index (χ2n) is 4.21. The van der Waals surface area contributed by atoms with Gasteiger partial charge in [0, 0.05) is 27.6 Å². The Bertz CT molecular complexity index is 679. The summed E-state index contributed by atoms with van der Waals surface area (Å²) in [5.41, 5.74) is 3.36. The van der Waals surface area contributed by atoms with E-state index in [4.69, 9.17) is 0 Å². The van der Waals surface area contributed by atoms with Gasteiger partial charge in [-0.05, 0) is 24.3 Å². The number of anilines is 2. The number of fused-ring (bicyclic) bond motifs is 1. The van der Waals surface area contributed by atoms with Crippen molar-refractivity contribution in [2.45, 2.75) is 0 Å². The van der Waals surface area contributed by atoms with Gasteiger partial charge in [0.25, 0.3) is 5.91 Å². The quantitative estimate of drug-likeness (QED) is 0.827. The molecule has 0 saturated heterocycles. The number of carbonyl (C=O) groups is 1. The third kappa shape index (κ3) is 2.39. The van der Waals surface area contributed by atoms with Crippen molar-refractivity contribution in [1.29, 1.82) is 0 Å². The molecule has 1 heterocycles. The standard InChI is InChI=1S/C15H11BrN2O/c16-10-4-3-5-11(8-10)17-9-13-12-6-1-2-7-14(12)18-15(13)19/h1-9,17H,(H,18,19)/b13-9+. The van der Waals surface area contributed by atoms with Gasteiger partial charge >= 0.3 is 0 Å². The summed E-state index contributed by atoms with van der Waals surface area (Å²) in [7, 11) is 0. The van der Waals surface area contributed by atoms with Crippen molar-refractivity contribution in [2.75, 3.05) is 10.6 Å². The van der Waals surface area contributed by atoms with Gasteiger partial charge in [0.15, 0.2) is 0 Å². The molecule has 1 amide bonds. The normalized spacial score (nSPS) is 15.2. The SMILES string of the molecule is O=C1Nc2ccccc2/C1=C\Nc1cccc(Br)c1. The number of halogens is 1. The van der Waals surface area contributed by atoms with Crippen LogP contribution >= 0.6 is 15.9 Å². The van der Waals surface area contributed by atoms with Crippen LogP contribution in [0.4, 0.5) is 11.4 Å². The molecule has 0 aromatic heterocycles. The van der Waals surface area contributed by atoms with E-state index in [2.05, 4.69) is 26.6 Å². The smallest absolute Gasteiger partial charge is 0.257 e. The number of nitrogens with one attached hydrogen (secondary N) is 2. The van der Waals surface area contributed by atoms with E-state index >= 15 is 0 Å². The largest absolute Gasteiger partial charge is 0.361 e. The van der Waals surface area contributed by atoms with Gasteiger partial charge in [-0.25, -0.2) is 0 Å². The fourth-order valence-electron chi connectivity index (χ4n) is 2.02. The summed E-state index contributed by atoms with van der Waals surface area (Å²) >= 11 is 3.41. The number of para-hydroxylation sites is 1. The van der Waals surface area contributed by atoms with Crippen molar-refractivity contribution in [3.05, 3.63) is 64.8 Å². The van der Waals surface area contributed by atoms with Crippen LogP contribution in [-0.2, 0) is 4.79 Å². The summed E-state index contributed by atoms with van der Waals surface area (Å²) in [4.78, 5) is 11.9. The number of amides is 1. The van der Waals surface area contributed by atoms with Crippen LogP contribution < -0.4 is 10.6 Å². The highest BCUT2D eigenvalue weighted by Crippen LogP contribution is 2.31. The molecule has 2 aromatic rings. The Morgan fingerprint density at radius 1 is 1.11 bits per heavy atom. The summed E-state index contributed by atoms with van der Waals surface area (Å²) in [5.74, 6) is -0.0799. The molecule has 3 rings (SSSR count). The lowest BCUT2D eigenvalue weighted by Gasteiger charge is -2.03. The predicted molar refractivity (Wildman–Crippen MR) is 80.8 cm³/mol. The van der Waals surface area contributed by atoms with Crippen molar-refractivity contribution in [1.82, 2.24) is 0 Å². The summed E-state index contributed by atoms with van der Waals surface area (Å²) in [6.07, 6.45) is 1.74. The summed E-state index contributed by atoms with van der Waals surface area (Å²) in [6.45, 7) is 0. The molecule has 19 heavy (non-hydrogen) atoms. The van der Waals surface area contributed by atoms with Crippen molar-refractivity contribution < 1.29 is 4.79 Å². The van der Waals surface area contributed by atoms with Crippen LogP contribution in [0.2, 0.25) is 0 Å². The van der Waals surface area contributed by atoms with E-state index in [-0.39, 0.29) is 5.91 Å². The van der Waals surface area contributed by atoms with Crippen LogP contribution in [0.1, 0.15) is 5.56 Å². The predicted octanol–water partition coefficient (Wildman–Crippen LogP) is 3.85. The highest BCUT2D eigenvalue weighted by Gasteiger charge is 2.23. The van der Waals surface area contributed by atoms with Crippen LogP contribution in [0.15, 0.2) is 59.2 Å². The minimum absolute atomic E-state index is 0.0799. The number of rotatable bonds is 2. The monoisotopic (exact) mass is 314 g/mol. The molecule has 1 aliphatic rings. The van der Waals surface area contributed by atoms with Gasteiger partial charge in [0.2, 0.25) is 0 Å². The number of hydrogen-bond donors (Lipinski definition) is 2. The Morgan fingerprint density at radius 3 is 2.79 bits per heavy atom. The number of carbonyl (C=O) groups excluding carboxylic acids is 1. The molecule has 0 fully saturated rings. The zero-order valence-electron chi connectivity index (χ0n) is 9.98. The van der Waals surface area contributed by atoms with Crippen molar-refractivity contribution in [3.8, 4) is 0 Å². The zero-order chi connectivity index (χ0) is 13.2. The summed E-state index contributed by atoms with van der Waals surface area (Å²) in [6, 6.07) is 15.4. The molecule has 0 saturated carbocycles. The van der Waals surface area contributed by atoms with Crippen LogP contribution in [0.3, 0.4) is 0 Å². The van der Waals surface area contributed by atoms with Gasteiger partial charge < -0.3 is 10.6 Å². The Balaban J connectivity index is 1.90. The maximum atomic E-state index is 11.9. The zero-order valence-corrected chi connectivity index (χ0v) is 11.6. The fraction of sp³-hybridized carbons (Fsp3) is 0. The number of benzene rings is 2. The lowest BCUT2D eigenvalue weighted by Crippen LogP contribution is -2.05. The highest BCUT2D eigenvalue weighted by atomic mass is 79.9. The molecule has 94 valence electrons. The Labute approximate surface area is 119 Å². The van der Waals surface area contributed by atoms with Crippen LogP contribution in [0.5, 0.6) is 0 Å². The molecular formula is C15H11BrN2O. The van der Waals surface area contributed by atoms with E-state index in [0.29, 0.717) is 5.57 Å². The minimum atomic E-state index is -0.0799. The first-order chi connectivity index (χ1) is 9.24. The fourth-order valence-corrected chi connectivity index (χ4v) is 2.42. The van der Waals surface area contributed by atoms with Crippen LogP contribution in [-0.4, -0.2) is 5.91 Å². The average molecular weight is 315 g/mol. The van der Waals surface area contributed by atoms with Crippen LogP contribution in [0, 0.1) is 0 Å². The highest BCUT2D eigenvalue weighted by molar-refractivity contribution is 9.10. The van der Waals surface area contributed by atoms with Gasteiger partial charge in [-0.1, -0.05) is 40.2 Å². The Kier molecular flexibility index (Phi) is 3.09. The Morgan fingerprint density at radius 2 is 1.95 bits per heavy atom. The summed E-state index contributed by atoms with van der Waals surface area (Å²) in [5, 5.41) is 5.98. The van der Waals surface area contributed by atoms with Gasteiger partial charge in [0.05, 0.1) is 5.57 Å². The van der Waals surface area contributed by atoms with Crippen LogP contribution in [0.25, 0.3) is 5.57 Å². The van der Waals surface area contributed by atoms with Crippen molar-refractivity contribution in [3.63, 3.8) is 0 Å². The third-order valence-electron chi connectivity index (χ3n) is 2.92. The molecule has 0 bridgehead atoms. The van der Waals surface area contributed by atoms with E-state index in [1.807, 2.05) is 48.5 Å². The molecule has 0 radical (unpaired) electrons. The van der Waals surface area contributed by atoms with E-state index in [1.165, 1.54) is 0 Å². The lowest BCUT2D eigenvalue weighted by molar-refractivity contribution is -0.110. The topological polar surface area (TPSA) is 41.1 Å². The first kappa shape index (κ1) is 12.0. The molecule has 0 unspecified atom stereocenters. The first-order valence-electron chi connectivity index (χ1n) is 5.87. The molecule has 0 atom stereocenters. The molecular weight excluding hydrogens is 304 g/mol. The maximum Gasteiger partial charge on any atom is 0.257 e. The third-order valence-corrected chi connectivity index (χ3v) is 3.41. The van der Waals surface area contributed by atoms with E-state index in [9.17, 15) is 4.79 Å². The second kappa shape index (κ2) is 4.90. The van der Waals surface area contributed by atoms with Crippen molar-refractivity contribution >= 4 is 38.8 Å². The minimum Gasteiger partial charge on any atom is -0.361 e. The summed E-state index contributed by atoms with van der Waals surface area (Å²) < 4.78 is 0.993. The van der Waals surface area contributed by atoms with Crippen molar-refractivity contribution in [2.24, 2.45) is 0 Å². The van der Waals surface area contributed by atoms with E-state index in [0.717, 1.165) is 21.4 Å². The van der Waals surface area contributed by atoms with E-state index < -0.39 is 0 Å². The Hall–Kier alpha value is -2.07. The molecule has 4 heteroatoms. The van der Waals surface area contributed by atoms with Gasteiger partial charge in [-0.15, -0.1) is 0 Å². The molecule has 3 nitrogen and oxygen atoms in total. The molecule has 0 aliphatic carbocycles. The average Bonchev–Trinajstić information content (AvgIpc) is 2.72. The van der Waals surface area contributed by atoms with E-state index in [1.54, 1.807) is 6.20 Å². The maximum absolute atomic E-state index is 11.9. The van der Waals surface area contributed by atoms with Gasteiger partial charge in [-0.2, -0.15) is 0 Å².